The zero-order valence-electron chi connectivity index (χ0n) is 15.7. The van der Waals surface area contributed by atoms with E-state index in [-0.39, 0.29) is 22.4 Å². The number of rotatable bonds is 8. The average Bonchev–Trinajstić information content (AvgIpc) is 2.48. The molecule has 4 heteroatoms. The molecule has 2 nitrogen and oxygen atoms in total. The number of hydrogen-bond acceptors (Lipinski definition) is 1. The predicted octanol–water partition coefficient (Wildman–Crippen LogP) is 6.61. The molecule has 0 saturated heterocycles. The molecular formula is C20H31ClFNO. The highest BCUT2D eigenvalue weighted by molar-refractivity contribution is 6.31. The van der Waals surface area contributed by atoms with Crippen molar-refractivity contribution in [3.8, 4) is 0 Å². The van der Waals surface area contributed by atoms with Crippen LogP contribution in [0.3, 0.4) is 0 Å². The van der Waals surface area contributed by atoms with Crippen LogP contribution in [0.4, 0.5) is 10.1 Å². The van der Waals surface area contributed by atoms with E-state index in [9.17, 15) is 9.18 Å². The Bertz CT molecular complexity index is 539. The van der Waals surface area contributed by atoms with Crippen molar-refractivity contribution in [2.75, 3.05) is 4.90 Å². The van der Waals surface area contributed by atoms with Crippen LogP contribution in [0.5, 0.6) is 0 Å². The van der Waals surface area contributed by atoms with Gasteiger partial charge in [-0.25, -0.2) is 4.39 Å². The van der Waals surface area contributed by atoms with Crippen molar-refractivity contribution in [1.29, 1.82) is 0 Å². The molecule has 1 unspecified atom stereocenters. The van der Waals surface area contributed by atoms with E-state index in [1.807, 2.05) is 4.90 Å². The molecular weight excluding hydrogens is 325 g/mol. The van der Waals surface area contributed by atoms with E-state index in [1.165, 1.54) is 6.07 Å². The molecule has 136 valence electrons. The minimum absolute atomic E-state index is 0.0597. The highest BCUT2D eigenvalue weighted by Gasteiger charge is 2.27. The molecule has 1 aromatic carbocycles. The molecule has 0 heterocycles. The van der Waals surface area contributed by atoms with Crippen LogP contribution in [-0.4, -0.2) is 11.9 Å². The molecule has 0 spiro atoms. The highest BCUT2D eigenvalue weighted by Crippen LogP contribution is 2.30. The molecule has 0 saturated carbocycles. The molecule has 0 N–H and O–H groups in total. The molecule has 0 fully saturated rings. The van der Waals surface area contributed by atoms with E-state index in [1.54, 1.807) is 12.1 Å². The van der Waals surface area contributed by atoms with Gasteiger partial charge in [0.2, 0.25) is 5.91 Å². The Kier molecular flexibility index (Phi) is 8.21. The van der Waals surface area contributed by atoms with Crippen molar-refractivity contribution >= 4 is 23.2 Å². The maximum absolute atomic E-state index is 13.5. The predicted molar refractivity (Wildman–Crippen MR) is 101 cm³/mol. The lowest BCUT2D eigenvalue weighted by atomic mass is 9.90. The third-order valence-corrected chi connectivity index (χ3v) is 4.40. The van der Waals surface area contributed by atoms with Crippen molar-refractivity contribution in [3.63, 3.8) is 0 Å². The third-order valence-electron chi connectivity index (χ3n) is 4.11. The molecule has 0 aliphatic heterocycles. The largest absolute Gasteiger partial charge is 0.309 e. The fourth-order valence-electron chi connectivity index (χ4n) is 2.88. The van der Waals surface area contributed by atoms with Crippen LogP contribution in [0.15, 0.2) is 18.2 Å². The lowest BCUT2D eigenvalue weighted by Gasteiger charge is -2.34. The summed E-state index contributed by atoms with van der Waals surface area (Å²) in [5.74, 6) is -0.379. The smallest absolute Gasteiger partial charge is 0.227 e. The molecule has 1 rings (SSSR count). The summed E-state index contributed by atoms with van der Waals surface area (Å²) in [5, 5.41) is 0.0597. The van der Waals surface area contributed by atoms with Crippen molar-refractivity contribution in [1.82, 2.24) is 0 Å². The average molecular weight is 356 g/mol. The second-order valence-electron chi connectivity index (χ2n) is 7.66. The fraction of sp³-hybridized carbons (Fsp3) is 0.650. The molecule has 0 aliphatic rings. The normalized spacial score (nSPS) is 13.0. The number of unbranched alkanes of at least 4 members (excludes halogenated alkanes) is 2. The Labute approximate surface area is 151 Å². The van der Waals surface area contributed by atoms with Gasteiger partial charge in [0, 0.05) is 18.2 Å². The van der Waals surface area contributed by atoms with Gasteiger partial charge in [0.15, 0.2) is 0 Å². The summed E-state index contributed by atoms with van der Waals surface area (Å²) in [4.78, 5) is 14.8. The van der Waals surface area contributed by atoms with Gasteiger partial charge in [-0.1, -0.05) is 65.5 Å². The molecule has 24 heavy (non-hydrogen) atoms. The Morgan fingerprint density at radius 1 is 1.25 bits per heavy atom. The van der Waals surface area contributed by atoms with Crippen LogP contribution < -0.4 is 4.90 Å². The third kappa shape index (κ3) is 6.43. The van der Waals surface area contributed by atoms with Gasteiger partial charge in [-0.2, -0.15) is 0 Å². The first-order chi connectivity index (χ1) is 11.2. The summed E-state index contributed by atoms with van der Waals surface area (Å²) < 4.78 is 13.5. The van der Waals surface area contributed by atoms with Gasteiger partial charge >= 0.3 is 0 Å². The quantitative estimate of drug-likeness (QED) is 0.480. The molecule has 0 aromatic heterocycles. The number of amides is 1. The number of halogens is 2. The Morgan fingerprint density at radius 2 is 1.92 bits per heavy atom. The highest BCUT2D eigenvalue weighted by atomic mass is 35.5. The van der Waals surface area contributed by atoms with Crippen molar-refractivity contribution in [2.45, 2.75) is 79.2 Å². The monoisotopic (exact) mass is 355 g/mol. The molecule has 1 amide bonds. The number of hydrogen-bond donors (Lipinski definition) is 0. The second-order valence-corrected chi connectivity index (χ2v) is 8.06. The SMILES string of the molecule is CCCCCC(CC)N(C(=O)CC(C)(C)C)c1ccc(F)c(Cl)c1. The second kappa shape index (κ2) is 9.41. The van der Waals surface area contributed by atoms with Gasteiger partial charge in [-0.05, 0) is 36.5 Å². The van der Waals surface area contributed by atoms with Crippen LogP contribution in [-0.2, 0) is 4.79 Å². The summed E-state index contributed by atoms with van der Waals surface area (Å²) in [6.45, 7) is 10.4. The van der Waals surface area contributed by atoms with Crippen LogP contribution in [0.1, 0.15) is 73.1 Å². The van der Waals surface area contributed by atoms with Crippen LogP contribution in [0.2, 0.25) is 5.02 Å². The standard InChI is InChI=1S/C20H31ClFNO/c1-6-8-9-10-15(7-2)23(19(24)14-20(3,4)5)16-11-12-18(22)17(21)13-16/h11-13,15H,6-10,14H2,1-5H3. The van der Waals surface area contributed by atoms with Gasteiger partial charge in [-0.3, -0.25) is 4.79 Å². The van der Waals surface area contributed by atoms with E-state index in [0.29, 0.717) is 12.1 Å². The molecule has 1 aromatic rings. The molecule has 0 bridgehead atoms. The summed E-state index contributed by atoms with van der Waals surface area (Å²) in [5.41, 5.74) is 0.597. The maximum atomic E-state index is 13.5. The first-order valence-corrected chi connectivity index (χ1v) is 9.34. The van der Waals surface area contributed by atoms with E-state index in [4.69, 9.17) is 11.6 Å². The van der Waals surface area contributed by atoms with Crippen molar-refractivity contribution < 1.29 is 9.18 Å². The molecule has 0 radical (unpaired) electrons. The van der Waals surface area contributed by atoms with Gasteiger partial charge < -0.3 is 4.90 Å². The van der Waals surface area contributed by atoms with Gasteiger partial charge in [0.05, 0.1) is 5.02 Å². The number of anilines is 1. The Balaban J connectivity index is 3.13. The lowest BCUT2D eigenvalue weighted by molar-refractivity contribution is -0.120. The van der Waals surface area contributed by atoms with E-state index < -0.39 is 5.82 Å². The zero-order valence-corrected chi connectivity index (χ0v) is 16.4. The van der Waals surface area contributed by atoms with Gasteiger partial charge in [0.25, 0.3) is 0 Å². The lowest BCUT2D eigenvalue weighted by Crippen LogP contribution is -2.41. The maximum Gasteiger partial charge on any atom is 0.227 e. The van der Waals surface area contributed by atoms with E-state index in [0.717, 1.165) is 32.1 Å². The first-order valence-electron chi connectivity index (χ1n) is 8.96. The summed E-state index contributed by atoms with van der Waals surface area (Å²) >= 11 is 5.96. The van der Waals surface area contributed by atoms with Gasteiger partial charge in [0.1, 0.15) is 5.82 Å². The van der Waals surface area contributed by atoms with E-state index in [2.05, 4.69) is 34.6 Å². The summed E-state index contributed by atoms with van der Waals surface area (Å²) in [7, 11) is 0. The number of nitrogens with zero attached hydrogens (tertiary/aromatic N) is 1. The molecule has 0 aliphatic carbocycles. The molecule has 1 atom stereocenters. The number of benzene rings is 1. The van der Waals surface area contributed by atoms with Crippen LogP contribution >= 0.6 is 11.6 Å². The van der Waals surface area contributed by atoms with E-state index >= 15 is 0 Å². The number of carbonyl (C=O) groups is 1. The Morgan fingerprint density at radius 3 is 2.42 bits per heavy atom. The summed E-state index contributed by atoms with van der Waals surface area (Å²) in [6.07, 6.45) is 5.66. The van der Waals surface area contributed by atoms with Crippen molar-refractivity contribution in [2.24, 2.45) is 5.41 Å². The fourth-order valence-corrected chi connectivity index (χ4v) is 3.05. The minimum atomic E-state index is -0.456. The first kappa shape index (κ1) is 21.0. The minimum Gasteiger partial charge on any atom is -0.309 e. The topological polar surface area (TPSA) is 20.3 Å². The van der Waals surface area contributed by atoms with Crippen LogP contribution in [0.25, 0.3) is 0 Å². The number of carbonyl (C=O) groups excluding carboxylic acids is 1. The van der Waals surface area contributed by atoms with Crippen molar-refractivity contribution in [3.05, 3.63) is 29.0 Å². The Hall–Kier alpha value is -1.09. The zero-order chi connectivity index (χ0) is 18.3. The summed E-state index contributed by atoms with van der Waals surface area (Å²) in [6, 6.07) is 4.69. The van der Waals surface area contributed by atoms with Gasteiger partial charge in [-0.15, -0.1) is 0 Å². The van der Waals surface area contributed by atoms with Crippen LogP contribution in [0, 0.1) is 11.2 Å².